The monoisotopic (exact) mass is 296 g/mol. The summed E-state index contributed by atoms with van der Waals surface area (Å²) in [4.78, 5) is 14.1. The van der Waals surface area contributed by atoms with Gasteiger partial charge in [0.1, 0.15) is 0 Å². The summed E-state index contributed by atoms with van der Waals surface area (Å²) in [6.45, 7) is 8.61. The van der Waals surface area contributed by atoms with E-state index in [1.54, 1.807) is 11.3 Å². The smallest absolute Gasteiger partial charge is 0.192 e. The van der Waals surface area contributed by atoms with Crippen LogP contribution in [0.2, 0.25) is 0 Å². The second-order valence-corrected chi connectivity index (χ2v) is 7.22. The van der Waals surface area contributed by atoms with Crippen LogP contribution in [0.25, 0.3) is 15.7 Å². The lowest BCUT2D eigenvalue weighted by Crippen LogP contribution is -2.17. The number of hydrogen-bond acceptors (Lipinski definition) is 2. The van der Waals surface area contributed by atoms with Crippen LogP contribution >= 0.6 is 11.3 Å². The minimum absolute atomic E-state index is 0.219. The predicted molar refractivity (Wildman–Crippen MR) is 93.1 cm³/mol. The minimum Gasteiger partial charge on any atom is -0.289 e. The van der Waals surface area contributed by atoms with E-state index in [1.807, 2.05) is 18.2 Å². The highest BCUT2D eigenvalue weighted by Gasteiger charge is 2.23. The van der Waals surface area contributed by atoms with Gasteiger partial charge in [0.2, 0.25) is 0 Å². The van der Waals surface area contributed by atoms with Crippen molar-refractivity contribution in [1.82, 2.24) is 0 Å². The maximum absolute atomic E-state index is 12.9. The molecule has 1 aromatic carbocycles. The number of allylic oxidation sites excluding steroid dienone is 4. The Bertz CT molecular complexity index is 841. The van der Waals surface area contributed by atoms with E-state index in [2.05, 4.69) is 33.8 Å². The van der Waals surface area contributed by atoms with Crippen molar-refractivity contribution in [3.05, 3.63) is 61.6 Å². The van der Waals surface area contributed by atoms with Crippen LogP contribution in [0.3, 0.4) is 0 Å². The first-order valence-electron chi connectivity index (χ1n) is 7.35. The molecule has 1 heterocycles. The minimum atomic E-state index is 0.219. The first kappa shape index (κ1) is 14.3. The van der Waals surface area contributed by atoms with Crippen LogP contribution in [-0.4, -0.2) is 0 Å². The van der Waals surface area contributed by atoms with E-state index >= 15 is 0 Å². The molecule has 2 aromatic rings. The Morgan fingerprint density at radius 1 is 1.00 bits per heavy atom. The molecule has 0 aliphatic heterocycles. The van der Waals surface area contributed by atoms with Crippen LogP contribution in [0.15, 0.2) is 45.8 Å². The van der Waals surface area contributed by atoms with Gasteiger partial charge in [-0.1, -0.05) is 28.9 Å². The van der Waals surface area contributed by atoms with E-state index in [-0.39, 0.29) is 5.43 Å². The number of fused-ring (bicyclic) bond motifs is 2. The summed E-state index contributed by atoms with van der Waals surface area (Å²) in [5.41, 5.74) is 6.63. The van der Waals surface area contributed by atoms with Gasteiger partial charge < -0.3 is 0 Å². The third kappa shape index (κ3) is 2.38. The predicted octanol–water partition coefficient (Wildman–Crippen LogP) is 5.34. The van der Waals surface area contributed by atoms with Crippen LogP contribution in [0.1, 0.15) is 44.6 Å². The van der Waals surface area contributed by atoms with E-state index in [1.165, 1.54) is 27.2 Å². The summed E-state index contributed by atoms with van der Waals surface area (Å²) in [6, 6.07) is 7.97. The van der Waals surface area contributed by atoms with Crippen LogP contribution in [0, 0.1) is 0 Å². The quantitative estimate of drug-likeness (QED) is 0.600. The van der Waals surface area contributed by atoms with Gasteiger partial charge in [-0.2, -0.15) is 0 Å². The van der Waals surface area contributed by atoms with Crippen molar-refractivity contribution in [2.45, 2.75) is 40.5 Å². The fraction of sp³-hybridized carbons (Fsp3) is 0.316. The summed E-state index contributed by atoms with van der Waals surface area (Å²) in [6.07, 6.45) is 1.81. The Kier molecular flexibility index (Phi) is 3.58. The van der Waals surface area contributed by atoms with Crippen LogP contribution in [0.5, 0.6) is 0 Å². The molecule has 0 spiro atoms. The van der Waals surface area contributed by atoms with Crippen molar-refractivity contribution in [3.8, 4) is 0 Å². The third-order valence-corrected chi connectivity index (χ3v) is 5.53. The largest absolute Gasteiger partial charge is 0.289 e. The first-order valence-corrected chi connectivity index (χ1v) is 8.17. The molecule has 21 heavy (non-hydrogen) atoms. The van der Waals surface area contributed by atoms with Crippen LogP contribution in [-0.2, 0) is 6.42 Å². The van der Waals surface area contributed by atoms with Gasteiger partial charge in [-0.3, -0.25) is 4.79 Å². The highest BCUT2D eigenvalue weighted by molar-refractivity contribution is 7.19. The van der Waals surface area contributed by atoms with Crippen molar-refractivity contribution in [3.63, 3.8) is 0 Å². The average Bonchev–Trinajstić information content (AvgIpc) is 2.46. The molecule has 0 saturated heterocycles. The number of rotatable bonds is 0. The molecular weight excluding hydrogens is 276 g/mol. The second kappa shape index (κ2) is 5.27. The molecule has 1 nitrogen and oxygen atoms in total. The van der Waals surface area contributed by atoms with E-state index in [0.717, 1.165) is 28.5 Å². The Hall–Kier alpha value is -1.67. The fourth-order valence-electron chi connectivity index (χ4n) is 2.91. The molecule has 0 atom stereocenters. The summed E-state index contributed by atoms with van der Waals surface area (Å²) < 4.78 is 1.10. The maximum atomic E-state index is 12.9. The highest BCUT2D eigenvalue weighted by atomic mass is 32.1. The van der Waals surface area contributed by atoms with E-state index in [0.29, 0.717) is 0 Å². The normalized spacial score (nSPS) is 14.3. The third-order valence-electron chi connectivity index (χ3n) is 4.26. The molecule has 3 rings (SSSR count). The zero-order chi connectivity index (χ0) is 15.1. The standard InChI is InChI=1S/C19H20OS/c1-11(2)13-9-15(12(3)4)19-16(10-13)18(20)14-7-5-6-8-17(14)21-19/h5-8H,9-10H2,1-4H3. The number of hydrogen-bond donors (Lipinski definition) is 0. The van der Waals surface area contributed by atoms with Gasteiger partial charge in [0.25, 0.3) is 0 Å². The van der Waals surface area contributed by atoms with Crippen molar-refractivity contribution in [2.24, 2.45) is 0 Å². The van der Waals surface area contributed by atoms with Gasteiger partial charge in [-0.25, -0.2) is 0 Å². The zero-order valence-electron chi connectivity index (χ0n) is 13.0. The van der Waals surface area contributed by atoms with E-state index in [4.69, 9.17) is 0 Å². The lowest BCUT2D eigenvalue weighted by Gasteiger charge is -2.23. The van der Waals surface area contributed by atoms with E-state index < -0.39 is 0 Å². The Morgan fingerprint density at radius 3 is 2.38 bits per heavy atom. The van der Waals surface area contributed by atoms with Crippen molar-refractivity contribution >= 4 is 27.0 Å². The van der Waals surface area contributed by atoms with Gasteiger partial charge in [0, 0.05) is 20.5 Å². The summed E-state index contributed by atoms with van der Waals surface area (Å²) in [5, 5.41) is 0.865. The molecule has 1 aliphatic rings. The number of benzene rings is 1. The van der Waals surface area contributed by atoms with Crippen molar-refractivity contribution < 1.29 is 0 Å². The molecule has 0 bridgehead atoms. The lowest BCUT2D eigenvalue weighted by atomic mass is 9.85. The summed E-state index contributed by atoms with van der Waals surface area (Å²) in [7, 11) is 0. The molecule has 0 amide bonds. The fourth-order valence-corrected chi connectivity index (χ4v) is 4.24. The highest BCUT2D eigenvalue weighted by Crippen LogP contribution is 2.39. The van der Waals surface area contributed by atoms with Gasteiger partial charge in [-0.05, 0) is 58.2 Å². The van der Waals surface area contributed by atoms with Crippen LogP contribution in [0.4, 0.5) is 0 Å². The molecular formula is C19H20OS. The molecule has 0 fully saturated rings. The second-order valence-electron chi connectivity index (χ2n) is 6.17. The molecule has 1 aliphatic carbocycles. The maximum Gasteiger partial charge on any atom is 0.192 e. The Labute approximate surface area is 129 Å². The summed E-state index contributed by atoms with van der Waals surface area (Å²) >= 11 is 1.77. The van der Waals surface area contributed by atoms with Gasteiger partial charge in [0.05, 0.1) is 0 Å². The average molecular weight is 296 g/mol. The molecule has 0 saturated carbocycles. The van der Waals surface area contributed by atoms with Gasteiger partial charge in [-0.15, -0.1) is 11.3 Å². The molecule has 2 heteroatoms. The van der Waals surface area contributed by atoms with Gasteiger partial charge in [0.15, 0.2) is 5.43 Å². The zero-order valence-corrected chi connectivity index (χ0v) is 13.9. The van der Waals surface area contributed by atoms with Crippen molar-refractivity contribution in [2.75, 3.05) is 0 Å². The summed E-state index contributed by atoms with van der Waals surface area (Å²) in [5.74, 6) is 0. The van der Waals surface area contributed by atoms with Crippen molar-refractivity contribution in [1.29, 1.82) is 0 Å². The first-order chi connectivity index (χ1) is 9.99. The Morgan fingerprint density at radius 2 is 1.71 bits per heavy atom. The SMILES string of the molecule is CC(C)=C1CC(=C(C)C)c2sc3ccccc3c(=O)c2C1. The topological polar surface area (TPSA) is 17.1 Å². The molecule has 1 aromatic heterocycles. The van der Waals surface area contributed by atoms with Gasteiger partial charge >= 0.3 is 0 Å². The molecule has 0 unspecified atom stereocenters. The Balaban J connectivity index is 2.40. The molecule has 0 N–H and O–H groups in total. The van der Waals surface area contributed by atoms with E-state index in [9.17, 15) is 4.79 Å². The molecule has 108 valence electrons. The van der Waals surface area contributed by atoms with Crippen LogP contribution < -0.4 is 5.43 Å². The molecule has 0 radical (unpaired) electrons. The lowest BCUT2D eigenvalue weighted by molar-refractivity contribution is 0.986.